The van der Waals surface area contributed by atoms with Crippen LogP contribution in [0.15, 0.2) is 12.3 Å². The van der Waals surface area contributed by atoms with Gasteiger partial charge in [0, 0.05) is 5.56 Å². The zero-order valence-electron chi connectivity index (χ0n) is 10.1. The number of benzene rings is 1. The summed E-state index contributed by atoms with van der Waals surface area (Å²) in [6.45, 7) is 2.81. The Morgan fingerprint density at radius 2 is 2.28 bits per heavy atom. The summed E-state index contributed by atoms with van der Waals surface area (Å²) < 4.78 is 5.65. The number of nitrogens with two attached hydrogens (primary N) is 1. The SMILES string of the molecule is Cc1c(-c2cn[nH]c2N)cc(Cl)c2c1CCCO2. The normalized spacial score (nSPS) is 14.1. The smallest absolute Gasteiger partial charge is 0.141 e. The first-order chi connectivity index (χ1) is 8.68. The number of hydrogen-bond acceptors (Lipinski definition) is 3. The summed E-state index contributed by atoms with van der Waals surface area (Å²) in [5.41, 5.74) is 10.1. The zero-order chi connectivity index (χ0) is 12.7. The highest BCUT2D eigenvalue weighted by Gasteiger charge is 2.20. The van der Waals surface area contributed by atoms with Crippen molar-refractivity contribution in [2.75, 3.05) is 12.3 Å². The van der Waals surface area contributed by atoms with Crippen LogP contribution < -0.4 is 10.5 Å². The molecule has 0 unspecified atom stereocenters. The van der Waals surface area contributed by atoms with E-state index in [4.69, 9.17) is 22.1 Å². The van der Waals surface area contributed by atoms with Gasteiger partial charge in [0.1, 0.15) is 11.6 Å². The molecule has 2 heterocycles. The molecule has 18 heavy (non-hydrogen) atoms. The number of fused-ring (bicyclic) bond motifs is 1. The lowest BCUT2D eigenvalue weighted by Gasteiger charge is -2.22. The van der Waals surface area contributed by atoms with E-state index in [2.05, 4.69) is 17.1 Å². The maximum Gasteiger partial charge on any atom is 0.141 e. The second kappa shape index (κ2) is 4.21. The van der Waals surface area contributed by atoms with E-state index >= 15 is 0 Å². The molecule has 0 fully saturated rings. The van der Waals surface area contributed by atoms with Crippen LogP contribution in [0, 0.1) is 6.92 Å². The molecule has 94 valence electrons. The highest BCUT2D eigenvalue weighted by molar-refractivity contribution is 6.32. The van der Waals surface area contributed by atoms with Gasteiger partial charge in [-0.05, 0) is 42.5 Å². The number of hydrogen-bond donors (Lipinski definition) is 2. The van der Waals surface area contributed by atoms with Gasteiger partial charge in [0.15, 0.2) is 0 Å². The van der Waals surface area contributed by atoms with E-state index in [0.29, 0.717) is 10.8 Å². The molecule has 0 atom stereocenters. The third kappa shape index (κ3) is 1.64. The molecule has 0 saturated heterocycles. The van der Waals surface area contributed by atoms with Gasteiger partial charge in [0.05, 0.1) is 17.8 Å². The Labute approximate surface area is 110 Å². The summed E-state index contributed by atoms with van der Waals surface area (Å²) in [6.07, 6.45) is 3.74. The molecule has 0 spiro atoms. The lowest BCUT2D eigenvalue weighted by Crippen LogP contribution is -2.11. The molecule has 1 aliphatic heterocycles. The van der Waals surface area contributed by atoms with E-state index in [9.17, 15) is 0 Å². The minimum atomic E-state index is 0.561. The van der Waals surface area contributed by atoms with Crippen LogP contribution in [0.4, 0.5) is 5.82 Å². The number of nitrogens with one attached hydrogen (secondary N) is 1. The number of rotatable bonds is 1. The van der Waals surface area contributed by atoms with Crippen LogP contribution >= 0.6 is 11.6 Å². The molecule has 4 nitrogen and oxygen atoms in total. The van der Waals surface area contributed by atoms with E-state index in [1.165, 1.54) is 11.1 Å². The van der Waals surface area contributed by atoms with Gasteiger partial charge in [-0.3, -0.25) is 5.10 Å². The Morgan fingerprint density at radius 3 is 3.00 bits per heavy atom. The molecule has 3 N–H and O–H groups in total. The van der Waals surface area contributed by atoms with Crippen LogP contribution in [0.25, 0.3) is 11.1 Å². The fraction of sp³-hybridized carbons (Fsp3) is 0.308. The number of H-pyrrole nitrogens is 1. The minimum absolute atomic E-state index is 0.561. The molecule has 0 aliphatic carbocycles. The Kier molecular flexibility index (Phi) is 2.67. The highest BCUT2D eigenvalue weighted by atomic mass is 35.5. The van der Waals surface area contributed by atoms with E-state index in [1.54, 1.807) is 6.20 Å². The van der Waals surface area contributed by atoms with Crippen LogP contribution in [0.2, 0.25) is 5.02 Å². The molecule has 2 aromatic rings. The predicted octanol–water partition coefficient (Wildman–Crippen LogP) is 2.95. The van der Waals surface area contributed by atoms with E-state index in [-0.39, 0.29) is 0 Å². The summed E-state index contributed by atoms with van der Waals surface area (Å²) >= 11 is 6.29. The Bertz CT molecular complexity index is 607. The van der Waals surface area contributed by atoms with Crippen molar-refractivity contribution in [3.05, 3.63) is 28.4 Å². The maximum absolute atomic E-state index is 6.29. The molecule has 1 aromatic carbocycles. The van der Waals surface area contributed by atoms with Gasteiger partial charge in [-0.15, -0.1) is 0 Å². The zero-order valence-corrected chi connectivity index (χ0v) is 10.8. The second-order valence-corrected chi connectivity index (χ2v) is 4.90. The average molecular weight is 264 g/mol. The summed E-state index contributed by atoms with van der Waals surface area (Å²) in [6, 6.07) is 1.91. The number of ether oxygens (including phenoxy) is 1. The van der Waals surface area contributed by atoms with E-state index in [1.807, 2.05) is 6.07 Å². The van der Waals surface area contributed by atoms with Crippen molar-refractivity contribution in [1.82, 2.24) is 10.2 Å². The number of aromatic nitrogens is 2. The standard InChI is InChI=1S/C13H14ClN3O/c1-7-8-3-2-4-18-12(8)11(14)5-9(7)10-6-16-17-13(10)15/h5-6H,2-4H2,1H3,(H3,15,16,17). The van der Waals surface area contributed by atoms with Crippen LogP contribution in [-0.4, -0.2) is 16.8 Å². The maximum atomic E-state index is 6.29. The number of nitrogen functional groups attached to an aromatic ring is 1. The van der Waals surface area contributed by atoms with Gasteiger partial charge in [-0.2, -0.15) is 5.10 Å². The Hall–Kier alpha value is -1.68. The monoisotopic (exact) mass is 263 g/mol. The summed E-state index contributed by atoms with van der Waals surface area (Å²) in [5, 5.41) is 7.35. The number of anilines is 1. The van der Waals surface area contributed by atoms with Gasteiger partial charge in [0.2, 0.25) is 0 Å². The lowest BCUT2D eigenvalue weighted by molar-refractivity contribution is 0.288. The third-order valence-electron chi connectivity index (χ3n) is 3.40. The van der Waals surface area contributed by atoms with Crippen LogP contribution in [0.5, 0.6) is 5.75 Å². The molecule has 0 amide bonds. The van der Waals surface area contributed by atoms with Crippen molar-refractivity contribution < 1.29 is 4.74 Å². The predicted molar refractivity (Wildman–Crippen MR) is 72.0 cm³/mol. The highest BCUT2D eigenvalue weighted by Crippen LogP contribution is 2.41. The van der Waals surface area contributed by atoms with Crippen molar-refractivity contribution in [3.8, 4) is 16.9 Å². The lowest BCUT2D eigenvalue weighted by atomic mass is 9.93. The van der Waals surface area contributed by atoms with Crippen molar-refractivity contribution >= 4 is 17.4 Å². The van der Waals surface area contributed by atoms with Crippen LogP contribution in [-0.2, 0) is 6.42 Å². The van der Waals surface area contributed by atoms with Gasteiger partial charge in [-0.1, -0.05) is 11.6 Å². The van der Waals surface area contributed by atoms with Crippen LogP contribution in [0.1, 0.15) is 17.5 Å². The third-order valence-corrected chi connectivity index (χ3v) is 3.68. The van der Waals surface area contributed by atoms with Crippen molar-refractivity contribution in [2.45, 2.75) is 19.8 Å². The Morgan fingerprint density at radius 1 is 1.44 bits per heavy atom. The van der Waals surface area contributed by atoms with E-state index < -0.39 is 0 Å². The molecule has 0 radical (unpaired) electrons. The van der Waals surface area contributed by atoms with E-state index in [0.717, 1.165) is 36.3 Å². The summed E-state index contributed by atoms with van der Waals surface area (Å²) in [5.74, 6) is 1.39. The van der Waals surface area contributed by atoms with Crippen molar-refractivity contribution in [1.29, 1.82) is 0 Å². The van der Waals surface area contributed by atoms with Crippen LogP contribution in [0.3, 0.4) is 0 Å². The quantitative estimate of drug-likeness (QED) is 0.831. The van der Waals surface area contributed by atoms with Gasteiger partial charge in [0.25, 0.3) is 0 Å². The largest absolute Gasteiger partial charge is 0.492 e. The van der Waals surface area contributed by atoms with Gasteiger partial charge < -0.3 is 10.5 Å². The average Bonchev–Trinajstić information content (AvgIpc) is 2.80. The molecular weight excluding hydrogens is 250 g/mol. The molecule has 0 saturated carbocycles. The van der Waals surface area contributed by atoms with Gasteiger partial charge >= 0.3 is 0 Å². The molecule has 1 aliphatic rings. The molecule has 1 aromatic heterocycles. The van der Waals surface area contributed by atoms with Crippen molar-refractivity contribution in [2.24, 2.45) is 0 Å². The number of aromatic amines is 1. The molecule has 3 rings (SSSR count). The molecule has 5 heteroatoms. The molecular formula is C13H14ClN3O. The Balaban J connectivity index is 2.23. The second-order valence-electron chi connectivity index (χ2n) is 4.49. The van der Waals surface area contributed by atoms with Crippen molar-refractivity contribution in [3.63, 3.8) is 0 Å². The molecule has 0 bridgehead atoms. The first kappa shape index (κ1) is 11.4. The summed E-state index contributed by atoms with van der Waals surface area (Å²) in [7, 11) is 0. The fourth-order valence-corrected chi connectivity index (χ4v) is 2.73. The first-order valence-corrected chi connectivity index (χ1v) is 6.30. The van der Waals surface area contributed by atoms with Gasteiger partial charge in [-0.25, -0.2) is 0 Å². The topological polar surface area (TPSA) is 63.9 Å². The first-order valence-electron chi connectivity index (χ1n) is 5.92. The minimum Gasteiger partial charge on any atom is -0.492 e. The number of nitrogens with zero attached hydrogens (tertiary/aromatic N) is 1. The summed E-state index contributed by atoms with van der Waals surface area (Å²) in [4.78, 5) is 0. The fourth-order valence-electron chi connectivity index (χ4n) is 2.45. The number of halogens is 1.